The Morgan fingerprint density at radius 3 is 2.42 bits per heavy atom. The number of hydrogen-bond donors (Lipinski definition) is 2. The number of aromatic nitrogens is 1. The zero-order valence-electron chi connectivity index (χ0n) is 16.5. The van der Waals surface area contributed by atoms with Crippen LogP contribution in [0.3, 0.4) is 0 Å². The number of carbonyl (C=O) groups is 2. The summed E-state index contributed by atoms with van der Waals surface area (Å²) in [5.41, 5.74) is 0.822. The van der Waals surface area contributed by atoms with Gasteiger partial charge in [-0.2, -0.15) is 0 Å². The highest BCUT2D eigenvalue weighted by Crippen LogP contribution is 2.19. The van der Waals surface area contributed by atoms with Crippen LogP contribution in [0.2, 0.25) is 0 Å². The number of piperidine rings is 1. The van der Waals surface area contributed by atoms with E-state index in [0.29, 0.717) is 18.3 Å². The van der Waals surface area contributed by atoms with Crippen LogP contribution in [-0.4, -0.2) is 47.5 Å². The van der Waals surface area contributed by atoms with Crippen molar-refractivity contribution in [1.82, 2.24) is 15.4 Å². The Hall–Kier alpha value is -1.89. The van der Waals surface area contributed by atoms with E-state index in [-0.39, 0.29) is 29.7 Å². The van der Waals surface area contributed by atoms with Crippen LogP contribution in [0.1, 0.15) is 59.1 Å². The summed E-state index contributed by atoms with van der Waals surface area (Å²) in [6.45, 7) is 12.1. The Kier molecular flexibility index (Phi) is 7.20. The van der Waals surface area contributed by atoms with E-state index < -0.39 is 0 Å². The summed E-state index contributed by atoms with van der Waals surface area (Å²) in [7, 11) is 0. The highest BCUT2D eigenvalue weighted by Gasteiger charge is 2.27. The molecule has 2 N–H and O–H groups in total. The highest BCUT2D eigenvalue weighted by atomic mass is 16.5. The number of likely N-dealkylation sites (tertiary alicyclic amines) is 1. The molecular weight excluding hydrogens is 332 g/mol. The van der Waals surface area contributed by atoms with Gasteiger partial charge in [0.15, 0.2) is 0 Å². The summed E-state index contributed by atoms with van der Waals surface area (Å²) in [5, 5.41) is 9.77. The minimum absolute atomic E-state index is 0.0402. The zero-order chi connectivity index (χ0) is 19.3. The molecule has 1 atom stereocenters. The SMILES string of the molecule is CC(C)c1cc(NC(=O)CN2CCC(C(=O)NC(C)C(C)C)CC2)on1. The molecule has 0 spiro atoms. The van der Waals surface area contributed by atoms with E-state index in [0.717, 1.165) is 31.6 Å². The number of anilines is 1. The highest BCUT2D eigenvalue weighted by molar-refractivity contribution is 5.91. The maximum Gasteiger partial charge on any atom is 0.240 e. The van der Waals surface area contributed by atoms with Crippen molar-refractivity contribution in [3.8, 4) is 0 Å². The van der Waals surface area contributed by atoms with Gasteiger partial charge in [0.25, 0.3) is 0 Å². The molecule has 1 aromatic rings. The Bertz CT molecular complexity index is 604. The van der Waals surface area contributed by atoms with Gasteiger partial charge in [0.1, 0.15) is 0 Å². The molecule has 2 rings (SSSR count). The normalized spacial score (nSPS) is 17.5. The molecule has 1 fully saturated rings. The third-order valence-corrected chi connectivity index (χ3v) is 5.08. The van der Waals surface area contributed by atoms with Gasteiger partial charge >= 0.3 is 0 Å². The maximum absolute atomic E-state index is 12.3. The summed E-state index contributed by atoms with van der Waals surface area (Å²) >= 11 is 0. The minimum Gasteiger partial charge on any atom is -0.353 e. The van der Waals surface area contributed by atoms with Crippen molar-refractivity contribution in [2.24, 2.45) is 11.8 Å². The second-order valence-electron chi connectivity index (χ2n) is 7.91. The van der Waals surface area contributed by atoms with Gasteiger partial charge in [-0.05, 0) is 44.7 Å². The first-order valence-corrected chi connectivity index (χ1v) is 9.55. The molecule has 26 heavy (non-hydrogen) atoms. The van der Waals surface area contributed by atoms with Crippen LogP contribution in [0, 0.1) is 11.8 Å². The predicted octanol–water partition coefficient (Wildman–Crippen LogP) is 2.61. The number of rotatable bonds is 7. The van der Waals surface area contributed by atoms with E-state index in [1.807, 2.05) is 20.8 Å². The van der Waals surface area contributed by atoms with E-state index in [4.69, 9.17) is 4.52 Å². The first-order valence-electron chi connectivity index (χ1n) is 9.55. The smallest absolute Gasteiger partial charge is 0.240 e. The van der Waals surface area contributed by atoms with Crippen LogP contribution in [0.5, 0.6) is 0 Å². The average Bonchev–Trinajstić information content (AvgIpc) is 3.03. The van der Waals surface area contributed by atoms with Crippen molar-refractivity contribution < 1.29 is 14.1 Å². The van der Waals surface area contributed by atoms with Crippen LogP contribution in [0.15, 0.2) is 10.6 Å². The maximum atomic E-state index is 12.3. The molecule has 1 aliphatic rings. The molecule has 0 radical (unpaired) electrons. The molecule has 2 amide bonds. The average molecular weight is 364 g/mol. The topological polar surface area (TPSA) is 87.5 Å². The second-order valence-corrected chi connectivity index (χ2v) is 7.91. The van der Waals surface area contributed by atoms with Crippen LogP contribution in [0.25, 0.3) is 0 Å². The molecule has 1 aliphatic heterocycles. The summed E-state index contributed by atoms with van der Waals surface area (Å²) in [5.74, 6) is 1.13. The Morgan fingerprint density at radius 2 is 1.88 bits per heavy atom. The fourth-order valence-electron chi connectivity index (χ4n) is 2.86. The van der Waals surface area contributed by atoms with Crippen LogP contribution in [0.4, 0.5) is 5.88 Å². The molecular formula is C19H32N4O3. The predicted molar refractivity (Wildman–Crippen MR) is 101 cm³/mol. The lowest BCUT2D eigenvalue weighted by Crippen LogP contribution is -2.45. The van der Waals surface area contributed by atoms with Crippen molar-refractivity contribution in [2.45, 2.75) is 59.4 Å². The molecule has 0 aliphatic carbocycles. The monoisotopic (exact) mass is 364 g/mol. The van der Waals surface area contributed by atoms with Crippen LogP contribution >= 0.6 is 0 Å². The van der Waals surface area contributed by atoms with Crippen molar-refractivity contribution in [1.29, 1.82) is 0 Å². The number of hydrogen-bond acceptors (Lipinski definition) is 5. The lowest BCUT2D eigenvalue weighted by atomic mass is 9.95. The molecule has 0 bridgehead atoms. The molecule has 146 valence electrons. The van der Waals surface area contributed by atoms with E-state index in [1.165, 1.54) is 0 Å². The van der Waals surface area contributed by atoms with E-state index in [2.05, 4.69) is 34.5 Å². The van der Waals surface area contributed by atoms with Crippen LogP contribution < -0.4 is 10.6 Å². The van der Waals surface area contributed by atoms with Gasteiger partial charge in [-0.15, -0.1) is 0 Å². The molecule has 0 saturated carbocycles. The second kappa shape index (κ2) is 9.16. The van der Waals surface area contributed by atoms with E-state index in [1.54, 1.807) is 6.07 Å². The molecule has 0 aromatic carbocycles. The third kappa shape index (κ3) is 5.83. The molecule has 7 heteroatoms. The Morgan fingerprint density at radius 1 is 1.23 bits per heavy atom. The Labute approximate surface area is 155 Å². The molecule has 1 saturated heterocycles. The van der Waals surface area contributed by atoms with Gasteiger partial charge in [0, 0.05) is 18.0 Å². The number of amides is 2. The fraction of sp³-hybridized carbons (Fsp3) is 0.737. The summed E-state index contributed by atoms with van der Waals surface area (Å²) < 4.78 is 5.14. The summed E-state index contributed by atoms with van der Waals surface area (Å²) in [4.78, 5) is 26.6. The van der Waals surface area contributed by atoms with Crippen LogP contribution in [-0.2, 0) is 9.59 Å². The molecule has 1 unspecified atom stereocenters. The van der Waals surface area contributed by atoms with Gasteiger partial charge < -0.3 is 9.84 Å². The van der Waals surface area contributed by atoms with Crippen molar-refractivity contribution >= 4 is 17.7 Å². The molecule has 2 heterocycles. The number of carbonyl (C=O) groups excluding carboxylic acids is 2. The quantitative estimate of drug-likeness (QED) is 0.776. The lowest BCUT2D eigenvalue weighted by Gasteiger charge is -2.31. The lowest BCUT2D eigenvalue weighted by molar-refractivity contribution is -0.127. The largest absolute Gasteiger partial charge is 0.353 e. The number of nitrogens with zero attached hydrogens (tertiary/aromatic N) is 2. The van der Waals surface area contributed by atoms with E-state index in [9.17, 15) is 9.59 Å². The first kappa shape index (κ1) is 20.4. The van der Waals surface area contributed by atoms with Gasteiger partial charge in [-0.25, -0.2) is 0 Å². The van der Waals surface area contributed by atoms with E-state index >= 15 is 0 Å². The third-order valence-electron chi connectivity index (χ3n) is 5.08. The summed E-state index contributed by atoms with van der Waals surface area (Å²) in [6.07, 6.45) is 1.56. The van der Waals surface area contributed by atoms with Crippen molar-refractivity contribution in [3.63, 3.8) is 0 Å². The van der Waals surface area contributed by atoms with Gasteiger partial charge in [0.05, 0.1) is 12.2 Å². The first-order chi connectivity index (χ1) is 12.3. The van der Waals surface area contributed by atoms with Gasteiger partial charge in [0.2, 0.25) is 17.7 Å². The molecule has 7 nitrogen and oxygen atoms in total. The van der Waals surface area contributed by atoms with Gasteiger partial charge in [-0.1, -0.05) is 32.9 Å². The number of nitrogens with one attached hydrogen (secondary N) is 2. The van der Waals surface area contributed by atoms with Crippen molar-refractivity contribution in [2.75, 3.05) is 25.0 Å². The van der Waals surface area contributed by atoms with Crippen molar-refractivity contribution in [3.05, 3.63) is 11.8 Å². The summed E-state index contributed by atoms with van der Waals surface area (Å²) in [6, 6.07) is 1.94. The fourth-order valence-corrected chi connectivity index (χ4v) is 2.86. The molecule has 1 aromatic heterocycles. The Balaban J connectivity index is 1.73. The van der Waals surface area contributed by atoms with Gasteiger partial charge in [-0.3, -0.25) is 19.8 Å². The minimum atomic E-state index is -0.118. The standard InChI is InChI=1S/C19H32N4O3/c1-12(2)14(5)20-19(25)15-6-8-23(9-7-15)11-17(24)21-18-10-16(13(3)4)22-26-18/h10,12-15H,6-9,11H2,1-5H3,(H,20,25)(H,21,24). The zero-order valence-corrected chi connectivity index (χ0v) is 16.5.